The summed E-state index contributed by atoms with van der Waals surface area (Å²) in [5, 5.41) is 4.62. The number of hydrazone groups is 1. The number of amides is 1. The first-order valence-corrected chi connectivity index (χ1v) is 11.5. The maximum absolute atomic E-state index is 13.2. The second kappa shape index (κ2) is 10.5. The Labute approximate surface area is 196 Å². The van der Waals surface area contributed by atoms with E-state index >= 15 is 0 Å². The minimum absolute atomic E-state index is 0.0583. The van der Waals surface area contributed by atoms with Gasteiger partial charge in [-0.05, 0) is 54.1 Å². The summed E-state index contributed by atoms with van der Waals surface area (Å²) in [6.45, 7) is -0.484. The highest BCUT2D eigenvalue weighted by Crippen LogP contribution is 2.25. The zero-order valence-corrected chi connectivity index (χ0v) is 19.2. The molecule has 3 aromatic rings. The quantitative estimate of drug-likeness (QED) is 0.374. The first-order valence-electron chi connectivity index (χ1n) is 9.30. The predicted octanol–water partition coefficient (Wildman–Crippen LogP) is 4.35. The summed E-state index contributed by atoms with van der Waals surface area (Å²) in [4.78, 5) is 12.6. The number of nitrogens with zero attached hydrogens (tertiary/aromatic N) is 2. The fraction of sp³-hybridized carbons (Fsp3) is 0.0909. The average Bonchev–Trinajstić information content (AvgIpc) is 2.80. The highest BCUT2D eigenvalue weighted by atomic mass is 35.5. The van der Waals surface area contributed by atoms with E-state index in [0.29, 0.717) is 27.0 Å². The van der Waals surface area contributed by atoms with Gasteiger partial charge in [0.1, 0.15) is 12.3 Å². The summed E-state index contributed by atoms with van der Waals surface area (Å²) >= 11 is 11.8. The number of anilines is 1. The summed E-state index contributed by atoms with van der Waals surface area (Å²) in [6, 6.07) is 19.1. The van der Waals surface area contributed by atoms with Gasteiger partial charge in [0.15, 0.2) is 0 Å². The average molecular weight is 492 g/mol. The van der Waals surface area contributed by atoms with Crippen LogP contribution < -0.4 is 14.5 Å². The van der Waals surface area contributed by atoms with Gasteiger partial charge in [-0.15, -0.1) is 0 Å². The summed E-state index contributed by atoms with van der Waals surface area (Å²) in [6.07, 6.45) is 1.38. The molecule has 0 saturated heterocycles. The first-order chi connectivity index (χ1) is 15.3. The molecule has 0 aliphatic heterocycles. The Morgan fingerprint density at radius 1 is 1.03 bits per heavy atom. The van der Waals surface area contributed by atoms with Crippen LogP contribution in [-0.2, 0) is 14.8 Å². The van der Waals surface area contributed by atoms with E-state index in [4.69, 9.17) is 27.9 Å². The molecular formula is C22H19Cl2N3O4S. The molecule has 0 atom stereocenters. The number of hydrogen-bond donors (Lipinski definition) is 1. The normalized spacial score (nSPS) is 11.3. The van der Waals surface area contributed by atoms with E-state index in [-0.39, 0.29) is 4.90 Å². The van der Waals surface area contributed by atoms with Gasteiger partial charge >= 0.3 is 0 Å². The SMILES string of the molecule is COc1ccc(N(CC(=O)N/N=C\c2ccc(Cl)c(Cl)c2)S(=O)(=O)c2ccccc2)cc1. The Morgan fingerprint density at radius 3 is 2.34 bits per heavy atom. The molecule has 3 aromatic carbocycles. The van der Waals surface area contributed by atoms with Crippen molar-refractivity contribution in [3.05, 3.63) is 88.4 Å². The third kappa shape index (κ3) is 5.79. The Hall–Kier alpha value is -3.07. The number of carbonyl (C=O) groups is 1. The zero-order valence-electron chi connectivity index (χ0n) is 16.9. The molecule has 0 aromatic heterocycles. The molecule has 166 valence electrons. The third-order valence-corrected chi connectivity index (χ3v) is 6.85. The second-order valence-corrected chi connectivity index (χ2v) is 9.17. The van der Waals surface area contributed by atoms with E-state index in [9.17, 15) is 13.2 Å². The van der Waals surface area contributed by atoms with Crippen molar-refractivity contribution in [2.24, 2.45) is 5.10 Å². The van der Waals surface area contributed by atoms with E-state index in [1.165, 1.54) is 25.5 Å². The molecular weight excluding hydrogens is 473 g/mol. The number of sulfonamides is 1. The molecule has 0 unspecified atom stereocenters. The minimum Gasteiger partial charge on any atom is -0.497 e. The van der Waals surface area contributed by atoms with Gasteiger partial charge in [0.25, 0.3) is 15.9 Å². The van der Waals surface area contributed by atoms with E-state index in [0.717, 1.165) is 4.31 Å². The number of nitrogens with one attached hydrogen (secondary N) is 1. The summed E-state index contributed by atoms with van der Waals surface area (Å²) < 4.78 is 32.6. The highest BCUT2D eigenvalue weighted by molar-refractivity contribution is 7.92. The Balaban J connectivity index is 1.82. The van der Waals surface area contributed by atoms with Crippen LogP contribution in [0.25, 0.3) is 0 Å². The highest BCUT2D eigenvalue weighted by Gasteiger charge is 2.27. The Bertz CT molecular complexity index is 1220. The lowest BCUT2D eigenvalue weighted by molar-refractivity contribution is -0.119. The van der Waals surface area contributed by atoms with E-state index in [1.54, 1.807) is 60.7 Å². The van der Waals surface area contributed by atoms with Crippen molar-refractivity contribution in [3.8, 4) is 5.75 Å². The van der Waals surface area contributed by atoms with Crippen LogP contribution in [0.5, 0.6) is 5.75 Å². The molecule has 10 heteroatoms. The number of rotatable bonds is 8. The van der Waals surface area contributed by atoms with Crippen molar-refractivity contribution in [1.29, 1.82) is 0 Å². The van der Waals surface area contributed by atoms with Crippen LogP contribution in [0.1, 0.15) is 5.56 Å². The number of hydrogen-bond acceptors (Lipinski definition) is 5. The summed E-state index contributed by atoms with van der Waals surface area (Å²) in [7, 11) is -2.50. The molecule has 0 aliphatic rings. The van der Waals surface area contributed by atoms with Crippen molar-refractivity contribution in [1.82, 2.24) is 5.43 Å². The molecule has 1 N–H and O–H groups in total. The lowest BCUT2D eigenvalue weighted by Gasteiger charge is -2.23. The molecule has 1 amide bonds. The predicted molar refractivity (Wildman–Crippen MR) is 126 cm³/mol. The van der Waals surface area contributed by atoms with Crippen molar-refractivity contribution in [2.75, 3.05) is 18.0 Å². The van der Waals surface area contributed by atoms with Crippen molar-refractivity contribution < 1.29 is 17.9 Å². The van der Waals surface area contributed by atoms with E-state index in [1.807, 2.05) is 0 Å². The fourth-order valence-electron chi connectivity index (χ4n) is 2.72. The molecule has 0 saturated carbocycles. The van der Waals surface area contributed by atoms with Crippen LogP contribution in [0.2, 0.25) is 10.0 Å². The first kappa shape index (κ1) is 23.6. The molecule has 0 heterocycles. The fourth-order valence-corrected chi connectivity index (χ4v) is 4.47. The largest absolute Gasteiger partial charge is 0.497 e. The zero-order chi connectivity index (χ0) is 23.1. The molecule has 0 radical (unpaired) electrons. The number of ether oxygens (including phenoxy) is 1. The molecule has 32 heavy (non-hydrogen) atoms. The number of halogens is 2. The van der Waals surface area contributed by atoms with Crippen LogP contribution >= 0.6 is 23.2 Å². The Morgan fingerprint density at radius 2 is 1.72 bits per heavy atom. The van der Waals surface area contributed by atoms with Gasteiger partial charge in [0.2, 0.25) is 0 Å². The summed E-state index contributed by atoms with van der Waals surface area (Å²) in [5.74, 6) is -0.0712. The van der Waals surface area contributed by atoms with Crippen LogP contribution in [0.15, 0.2) is 82.8 Å². The van der Waals surface area contributed by atoms with Gasteiger partial charge in [0, 0.05) is 0 Å². The second-order valence-electron chi connectivity index (χ2n) is 6.49. The van der Waals surface area contributed by atoms with Crippen molar-refractivity contribution in [3.63, 3.8) is 0 Å². The smallest absolute Gasteiger partial charge is 0.264 e. The van der Waals surface area contributed by atoms with Crippen LogP contribution in [-0.4, -0.2) is 34.2 Å². The van der Waals surface area contributed by atoms with Gasteiger partial charge in [-0.25, -0.2) is 13.8 Å². The maximum atomic E-state index is 13.2. The van der Waals surface area contributed by atoms with Gasteiger partial charge in [-0.2, -0.15) is 5.10 Å². The molecule has 0 spiro atoms. The van der Waals surface area contributed by atoms with Crippen LogP contribution in [0, 0.1) is 0 Å². The van der Waals surface area contributed by atoms with E-state index < -0.39 is 22.5 Å². The molecule has 3 rings (SSSR count). The molecule has 0 aliphatic carbocycles. The topological polar surface area (TPSA) is 88.1 Å². The lowest BCUT2D eigenvalue weighted by Crippen LogP contribution is -2.39. The van der Waals surface area contributed by atoms with Crippen molar-refractivity contribution >= 4 is 51.0 Å². The lowest BCUT2D eigenvalue weighted by atomic mass is 10.2. The van der Waals surface area contributed by atoms with Crippen LogP contribution in [0.4, 0.5) is 5.69 Å². The van der Waals surface area contributed by atoms with Gasteiger partial charge in [0.05, 0.1) is 34.0 Å². The van der Waals surface area contributed by atoms with Crippen molar-refractivity contribution in [2.45, 2.75) is 4.90 Å². The number of carbonyl (C=O) groups excluding carboxylic acids is 1. The Kier molecular flexibility index (Phi) is 7.74. The standard InChI is InChI=1S/C22H19Cl2N3O4S/c1-31-18-10-8-17(9-11-18)27(32(29,30)19-5-3-2-4-6-19)15-22(28)26-25-14-16-7-12-20(23)21(24)13-16/h2-14H,15H2,1H3,(H,26,28)/b25-14-. The van der Waals surface area contributed by atoms with Gasteiger partial charge in [-0.3, -0.25) is 9.10 Å². The third-order valence-electron chi connectivity index (χ3n) is 4.33. The number of benzene rings is 3. The van der Waals surface area contributed by atoms with Gasteiger partial charge < -0.3 is 4.74 Å². The molecule has 7 nitrogen and oxygen atoms in total. The molecule has 0 fully saturated rings. The summed E-state index contributed by atoms with van der Waals surface area (Å²) in [5.41, 5.74) is 3.25. The monoisotopic (exact) mass is 491 g/mol. The minimum atomic E-state index is -4.01. The number of methoxy groups -OCH3 is 1. The molecule has 0 bridgehead atoms. The van der Waals surface area contributed by atoms with E-state index in [2.05, 4.69) is 10.5 Å². The maximum Gasteiger partial charge on any atom is 0.264 e. The van der Waals surface area contributed by atoms with Crippen LogP contribution in [0.3, 0.4) is 0 Å². The van der Waals surface area contributed by atoms with Gasteiger partial charge in [-0.1, -0.05) is 47.5 Å².